The van der Waals surface area contributed by atoms with Gasteiger partial charge in [-0.3, -0.25) is 9.79 Å². The van der Waals surface area contributed by atoms with Crippen molar-refractivity contribution in [1.82, 2.24) is 20.1 Å². The van der Waals surface area contributed by atoms with Crippen LogP contribution in [0.3, 0.4) is 0 Å². The van der Waals surface area contributed by atoms with Crippen molar-refractivity contribution in [1.29, 1.82) is 0 Å². The largest absolute Gasteiger partial charge is 0.370 e. The molecular formula is C17H22N6O. The van der Waals surface area contributed by atoms with Gasteiger partial charge in [-0.2, -0.15) is 5.10 Å². The molecule has 3 heterocycles. The van der Waals surface area contributed by atoms with E-state index in [-0.39, 0.29) is 11.9 Å². The fraction of sp³-hybridized carbons (Fsp3) is 0.412. The lowest BCUT2D eigenvalue weighted by Gasteiger charge is -2.13. The van der Waals surface area contributed by atoms with Gasteiger partial charge >= 0.3 is 0 Å². The Morgan fingerprint density at radius 2 is 2.25 bits per heavy atom. The van der Waals surface area contributed by atoms with Gasteiger partial charge < -0.3 is 10.6 Å². The van der Waals surface area contributed by atoms with E-state index < -0.39 is 0 Å². The van der Waals surface area contributed by atoms with Crippen molar-refractivity contribution in [2.24, 2.45) is 18.0 Å². The number of aromatic nitrogens is 3. The highest BCUT2D eigenvalue weighted by atomic mass is 16.2. The van der Waals surface area contributed by atoms with Crippen LogP contribution in [-0.4, -0.2) is 46.0 Å². The van der Waals surface area contributed by atoms with Gasteiger partial charge in [0.25, 0.3) is 5.91 Å². The molecule has 1 atom stereocenters. The van der Waals surface area contributed by atoms with Crippen LogP contribution in [0.2, 0.25) is 0 Å². The molecule has 2 aromatic heterocycles. The molecule has 0 saturated carbocycles. The second kappa shape index (κ2) is 6.82. The number of aliphatic imine (C=N–C) groups is 1. The number of carbonyl (C=O) groups is 1. The number of hydrogen-bond donors (Lipinski definition) is 2. The molecule has 3 rings (SSSR count). The van der Waals surface area contributed by atoms with Gasteiger partial charge in [0.05, 0.1) is 18.0 Å². The van der Waals surface area contributed by atoms with Gasteiger partial charge in [-0.05, 0) is 24.1 Å². The molecule has 0 spiro atoms. The van der Waals surface area contributed by atoms with Crippen LogP contribution in [0.1, 0.15) is 24.3 Å². The summed E-state index contributed by atoms with van der Waals surface area (Å²) >= 11 is 0. The second-order valence-electron chi connectivity index (χ2n) is 6.29. The van der Waals surface area contributed by atoms with Crippen LogP contribution in [-0.2, 0) is 7.05 Å². The summed E-state index contributed by atoms with van der Waals surface area (Å²) in [4.78, 5) is 21.2. The van der Waals surface area contributed by atoms with Gasteiger partial charge in [0.1, 0.15) is 5.82 Å². The number of nitrogens with zero attached hydrogens (tertiary/aromatic N) is 4. The van der Waals surface area contributed by atoms with Crippen LogP contribution < -0.4 is 10.6 Å². The Labute approximate surface area is 140 Å². The first-order valence-corrected chi connectivity index (χ1v) is 8.09. The maximum atomic E-state index is 12.5. The van der Waals surface area contributed by atoms with E-state index in [1.807, 2.05) is 24.3 Å². The van der Waals surface area contributed by atoms with Crippen molar-refractivity contribution in [3.05, 3.63) is 30.0 Å². The van der Waals surface area contributed by atoms with Gasteiger partial charge in [-0.15, -0.1) is 0 Å². The molecule has 1 aliphatic rings. The number of hydrogen-bond acceptors (Lipinski definition) is 5. The van der Waals surface area contributed by atoms with E-state index in [9.17, 15) is 4.79 Å². The Kier molecular flexibility index (Phi) is 4.59. The Morgan fingerprint density at radius 3 is 2.96 bits per heavy atom. The number of anilines is 1. The maximum Gasteiger partial charge on any atom is 0.273 e. The zero-order valence-electron chi connectivity index (χ0n) is 14.2. The summed E-state index contributed by atoms with van der Waals surface area (Å²) in [5.41, 5.74) is 1.07. The molecule has 7 heteroatoms. The summed E-state index contributed by atoms with van der Waals surface area (Å²) in [5, 5.41) is 11.3. The molecule has 2 N–H and O–H groups in total. The maximum absolute atomic E-state index is 12.5. The average molecular weight is 326 g/mol. The number of amides is 1. The third kappa shape index (κ3) is 3.45. The van der Waals surface area contributed by atoms with E-state index in [2.05, 4.69) is 39.6 Å². The number of pyridine rings is 1. The molecule has 0 fully saturated rings. The van der Waals surface area contributed by atoms with Crippen LogP contribution in [0, 0.1) is 5.92 Å². The van der Waals surface area contributed by atoms with Crippen molar-refractivity contribution in [2.45, 2.75) is 19.9 Å². The summed E-state index contributed by atoms with van der Waals surface area (Å²) in [7, 11) is 1.79. The van der Waals surface area contributed by atoms with Gasteiger partial charge in [-0.1, -0.05) is 19.9 Å². The third-order valence-corrected chi connectivity index (χ3v) is 3.75. The number of carbonyl (C=O) groups excluding carboxylic acids is 1. The molecular weight excluding hydrogens is 304 g/mol. The van der Waals surface area contributed by atoms with Crippen molar-refractivity contribution in [3.8, 4) is 0 Å². The van der Waals surface area contributed by atoms with Crippen molar-refractivity contribution in [3.63, 3.8) is 0 Å². The third-order valence-electron chi connectivity index (χ3n) is 3.75. The monoisotopic (exact) mass is 326 g/mol. The predicted molar refractivity (Wildman–Crippen MR) is 95.6 cm³/mol. The Bertz CT molecular complexity index is 805. The lowest BCUT2D eigenvalue weighted by atomic mass is 10.2. The Hall–Kier alpha value is -2.70. The summed E-state index contributed by atoms with van der Waals surface area (Å²) < 4.78 is 1.64. The first-order chi connectivity index (χ1) is 11.5. The summed E-state index contributed by atoms with van der Waals surface area (Å²) in [6, 6.07) is 3.68. The zero-order valence-corrected chi connectivity index (χ0v) is 14.2. The lowest BCUT2D eigenvalue weighted by molar-refractivity contribution is 0.0941. The molecule has 0 aromatic carbocycles. The zero-order chi connectivity index (χ0) is 17.1. The van der Waals surface area contributed by atoms with Crippen molar-refractivity contribution >= 4 is 29.0 Å². The number of nitrogens with one attached hydrogen (secondary N) is 2. The summed E-state index contributed by atoms with van der Waals surface area (Å²) in [6.45, 7) is 5.68. The molecule has 0 saturated heterocycles. The van der Waals surface area contributed by atoms with E-state index in [4.69, 9.17) is 0 Å². The molecule has 0 aliphatic carbocycles. The topological polar surface area (TPSA) is 84.2 Å². The minimum atomic E-state index is -0.211. The van der Waals surface area contributed by atoms with Crippen LogP contribution in [0.25, 0.3) is 11.0 Å². The molecule has 1 aliphatic heterocycles. The van der Waals surface area contributed by atoms with E-state index in [1.165, 1.54) is 0 Å². The average Bonchev–Trinajstić information content (AvgIpc) is 2.90. The quantitative estimate of drug-likeness (QED) is 0.877. The number of rotatable bonds is 5. The Morgan fingerprint density at radius 1 is 1.42 bits per heavy atom. The van der Waals surface area contributed by atoms with Crippen LogP contribution in [0.5, 0.6) is 0 Å². The predicted octanol–water partition coefficient (Wildman–Crippen LogP) is 1.78. The summed E-state index contributed by atoms with van der Waals surface area (Å²) in [5.74, 6) is 1.11. The minimum absolute atomic E-state index is 0.0977. The molecule has 0 bridgehead atoms. The van der Waals surface area contributed by atoms with Crippen molar-refractivity contribution in [2.75, 3.05) is 18.4 Å². The van der Waals surface area contributed by atoms with Gasteiger partial charge in [-0.25, -0.2) is 9.67 Å². The molecule has 126 valence electrons. The van der Waals surface area contributed by atoms with Crippen molar-refractivity contribution < 1.29 is 4.79 Å². The smallest absolute Gasteiger partial charge is 0.273 e. The SMILES string of the molecule is CC(C)CNc1ccc2c(C(=O)NC3C=CC=NC3)nn(C)c2n1. The fourth-order valence-electron chi connectivity index (χ4n) is 2.52. The number of allylic oxidation sites excluding steroid dienone is 1. The molecule has 0 radical (unpaired) electrons. The fourth-order valence-corrected chi connectivity index (χ4v) is 2.52. The number of fused-ring (bicyclic) bond motifs is 1. The van der Waals surface area contributed by atoms with E-state index in [0.717, 1.165) is 17.7 Å². The van der Waals surface area contributed by atoms with Crippen LogP contribution in [0.15, 0.2) is 29.3 Å². The standard InChI is InChI=1S/C17H22N6O/c1-11(2)9-19-14-7-6-13-15(22-23(3)16(13)21-14)17(24)20-12-5-4-8-18-10-12/h4-8,11-12H,9-10H2,1-3H3,(H,19,21)(H,20,24). The molecule has 7 nitrogen and oxygen atoms in total. The number of aryl methyl sites for hydroxylation is 1. The van der Waals surface area contributed by atoms with Crippen LogP contribution in [0.4, 0.5) is 5.82 Å². The highest BCUT2D eigenvalue weighted by molar-refractivity contribution is 6.04. The first kappa shape index (κ1) is 16.2. The lowest BCUT2D eigenvalue weighted by Crippen LogP contribution is -2.36. The second-order valence-corrected chi connectivity index (χ2v) is 6.29. The molecule has 1 amide bonds. The van der Waals surface area contributed by atoms with E-state index in [1.54, 1.807) is 17.9 Å². The van der Waals surface area contributed by atoms with Gasteiger partial charge in [0, 0.05) is 19.8 Å². The molecule has 1 unspecified atom stereocenters. The summed E-state index contributed by atoms with van der Waals surface area (Å²) in [6.07, 6.45) is 5.48. The molecule has 24 heavy (non-hydrogen) atoms. The van der Waals surface area contributed by atoms with E-state index in [0.29, 0.717) is 23.8 Å². The highest BCUT2D eigenvalue weighted by Crippen LogP contribution is 2.19. The Balaban J connectivity index is 1.82. The first-order valence-electron chi connectivity index (χ1n) is 8.09. The normalized spacial score (nSPS) is 16.8. The van der Waals surface area contributed by atoms with Gasteiger partial charge in [0.15, 0.2) is 11.3 Å². The van der Waals surface area contributed by atoms with Gasteiger partial charge in [0.2, 0.25) is 0 Å². The van der Waals surface area contributed by atoms with E-state index >= 15 is 0 Å². The van der Waals surface area contributed by atoms with Crippen LogP contribution >= 0.6 is 0 Å². The minimum Gasteiger partial charge on any atom is -0.370 e. The highest BCUT2D eigenvalue weighted by Gasteiger charge is 2.19. The number of dihydropyridines is 1. The molecule has 2 aromatic rings.